The lowest BCUT2D eigenvalue weighted by Crippen LogP contribution is -2.45. The first-order chi connectivity index (χ1) is 19.8. The summed E-state index contributed by atoms with van der Waals surface area (Å²) in [6.45, 7) is 6.07. The molecule has 0 fully saturated rings. The summed E-state index contributed by atoms with van der Waals surface area (Å²) >= 11 is 0. The molecule has 2 heterocycles. The molecule has 4 rings (SSSR count). The van der Waals surface area contributed by atoms with E-state index in [2.05, 4.69) is 27.1 Å². The van der Waals surface area contributed by atoms with Crippen molar-refractivity contribution in [2.24, 2.45) is 5.10 Å². The van der Waals surface area contributed by atoms with Crippen molar-refractivity contribution in [1.82, 2.24) is 20.6 Å². The Morgan fingerprint density at radius 1 is 1.24 bits per heavy atom. The summed E-state index contributed by atoms with van der Waals surface area (Å²) in [5.74, 6) is 2.86. The van der Waals surface area contributed by atoms with Crippen molar-refractivity contribution in [3.63, 3.8) is 0 Å². The van der Waals surface area contributed by atoms with Gasteiger partial charge in [-0.05, 0) is 44.5 Å². The SMILES string of the molecule is C#CCn1c(C)c(/C=N/N[C@H](O)COc2ccc([C@@H]3NC(=O)NC(C)=C3C(=O)OC)cc2OCC)c2ccccc21. The van der Waals surface area contributed by atoms with Crippen molar-refractivity contribution in [3.05, 3.63) is 70.6 Å². The fraction of sp³-hybridized carbons (Fsp3) is 0.300. The number of amides is 2. The smallest absolute Gasteiger partial charge is 0.337 e. The Kier molecular flexibility index (Phi) is 9.16. The number of hydrogen-bond donors (Lipinski definition) is 4. The second-order valence-electron chi connectivity index (χ2n) is 9.22. The lowest BCUT2D eigenvalue weighted by molar-refractivity contribution is -0.136. The molecule has 41 heavy (non-hydrogen) atoms. The van der Waals surface area contributed by atoms with E-state index >= 15 is 0 Å². The number of aromatic nitrogens is 1. The lowest BCUT2D eigenvalue weighted by Gasteiger charge is -2.28. The van der Waals surface area contributed by atoms with Gasteiger partial charge in [0, 0.05) is 27.9 Å². The zero-order chi connectivity index (χ0) is 29.5. The average Bonchev–Trinajstić information content (AvgIpc) is 3.22. The molecule has 4 N–H and O–H groups in total. The van der Waals surface area contributed by atoms with Crippen LogP contribution in [0.4, 0.5) is 4.79 Å². The predicted molar refractivity (Wildman–Crippen MR) is 154 cm³/mol. The second-order valence-corrected chi connectivity index (χ2v) is 9.22. The number of urea groups is 1. The van der Waals surface area contributed by atoms with E-state index in [0.29, 0.717) is 35.9 Å². The van der Waals surface area contributed by atoms with Crippen LogP contribution in [-0.4, -0.2) is 54.4 Å². The Bertz CT molecular complexity index is 1550. The Balaban J connectivity index is 1.47. The first kappa shape index (κ1) is 29.0. The molecule has 0 saturated heterocycles. The summed E-state index contributed by atoms with van der Waals surface area (Å²) in [5, 5.41) is 21.0. The molecular weight excluding hydrogens is 526 g/mol. The predicted octanol–water partition coefficient (Wildman–Crippen LogP) is 3.10. The van der Waals surface area contributed by atoms with Gasteiger partial charge in [0.25, 0.3) is 0 Å². The third kappa shape index (κ3) is 6.28. The molecule has 0 aliphatic carbocycles. The van der Waals surface area contributed by atoms with Gasteiger partial charge in [0.15, 0.2) is 17.7 Å². The largest absolute Gasteiger partial charge is 0.490 e. The van der Waals surface area contributed by atoms with Gasteiger partial charge in [0.05, 0.1) is 38.1 Å². The molecule has 1 aliphatic heterocycles. The van der Waals surface area contributed by atoms with E-state index in [1.54, 1.807) is 31.3 Å². The van der Waals surface area contributed by atoms with Crippen LogP contribution in [0.15, 0.2) is 58.8 Å². The molecule has 2 atom stereocenters. The second kappa shape index (κ2) is 12.9. The number of allylic oxidation sites excluding steroid dienone is 1. The average molecular weight is 560 g/mol. The molecule has 1 aliphatic rings. The van der Waals surface area contributed by atoms with Gasteiger partial charge in [0.2, 0.25) is 0 Å². The van der Waals surface area contributed by atoms with Gasteiger partial charge in [-0.2, -0.15) is 5.10 Å². The number of carbonyl (C=O) groups is 2. The molecule has 2 aromatic carbocycles. The third-order valence-electron chi connectivity index (χ3n) is 6.62. The number of fused-ring (bicyclic) bond motifs is 1. The first-order valence-electron chi connectivity index (χ1n) is 13.0. The van der Waals surface area contributed by atoms with Crippen LogP contribution in [0.25, 0.3) is 10.9 Å². The number of para-hydroxylation sites is 1. The highest BCUT2D eigenvalue weighted by Crippen LogP contribution is 2.35. The van der Waals surface area contributed by atoms with Crippen molar-refractivity contribution in [2.75, 3.05) is 20.3 Å². The maximum atomic E-state index is 12.4. The van der Waals surface area contributed by atoms with E-state index in [1.807, 2.05) is 42.7 Å². The van der Waals surface area contributed by atoms with Crippen molar-refractivity contribution in [3.8, 4) is 23.8 Å². The molecule has 214 valence electrons. The topological polar surface area (TPSA) is 135 Å². The van der Waals surface area contributed by atoms with Gasteiger partial charge in [-0.15, -0.1) is 6.42 Å². The van der Waals surface area contributed by atoms with Gasteiger partial charge in [-0.25, -0.2) is 9.59 Å². The van der Waals surface area contributed by atoms with E-state index in [-0.39, 0.29) is 12.2 Å². The highest BCUT2D eigenvalue weighted by Gasteiger charge is 2.32. The van der Waals surface area contributed by atoms with E-state index in [9.17, 15) is 14.7 Å². The number of rotatable bonds is 11. The number of terminal acetylenes is 1. The standard InChI is InChI=1S/C30H33N5O6/c1-6-14-35-19(4)22(21-10-8-9-11-23(21)35)16-31-34-26(36)17-41-24-13-12-20(15-25(24)40-7-2)28-27(29(37)39-5)18(3)32-30(38)33-28/h1,8-13,15-16,26,28,34,36H,7,14,17H2,2-5H3,(H2,32,33,38)/b31-16+/t26-,28+/m1/s1. The van der Waals surface area contributed by atoms with Crippen molar-refractivity contribution in [1.29, 1.82) is 0 Å². The zero-order valence-corrected chi connectivity index (χ0v) is 23.4. The van der Waals surface area contributed by atoms with Crippen LogP contribution in [-0.2, 0) is 16.1 Å². The highest BCUT2D eigenvalue weighted by atomic mass is 16.5. The number of aliphatic hydroxyl groups is 1. The van der Waals surface area contributed by atoms with Crippen LogP contribution >= 0.6 is 0 Å². The molecule has 0 bridgehead atoms. The summed E-state index contributed by atoms with van der Waals surface area (Å²) in [4.78, 5) is 24.6. The Labute approximate surface area is 238 Å². The summed E-state index contributed by atoms with van der Waals surface area (Å²) < 4.78 is 18.5. The summed E-state index contributed by atoms with van der Waals surface area (Å²) in [7, 11) is 1.28. The lowest BCUT2D eigenvalue weighted by atomic mass is 9.95. The number of esters is 1. The minimum absolute atomic E-state index is 0.134. The van der Waals surface area contributed by atoms with Crippen molar-refractivity contribution >= 4 is 29.1 Å². The van der Waals surface area contributed by atoms with E-state index < -0.39 is 24.3 Å². The minimum atomic E-state index is -1.13. The number of benzene rings is 2. The van der Waals surface area contributed by atoms with Gasteiger partial charge in [-0.3, -0.25) is 5.43 Å². The maximum absolute atomic E-state index is 12.4. The fourth-order valence-electron chi connectivity index (χ4n) is 4.73. The number of carbonyl (C=O) groups excluding carboxylic acids is 2. The molecule has 0 saturated carbocycles. The number of nitrogens with one attached hydrogen (secondary N) is 3. The summed E-state index contributed by atoms with van der Waals surface area (Å²) in [5.41, 5.74) is 6.82. The van der Waals surface area contributed by atoms with Gasteiger partial charge >= 0.3 is 12.0 Å². The van der Waals surface area contributed by atoms with Gasteiger partial charge in [-0.1, -0.05) is 30.2 Å². The Hall–Kier alpha value is -4.95. The molecule has 0 unspecified atom stereocenters. The van der Waals surface area contributed by atoms with E-state index in [1.165, 1.54) is 7.11 Å². The van der Waals surface area contributed by atoms with Crippen LogP contribution in [0.2, 0.25) is 0 Å². The van der Waals surface area contributed by atoms with Crippen molar-refractivity contribution in [2.45, 2.75) is 39.6 Å². The molecule has 3 aromatic rings. The third-order valence-corrected chi connectivity index (χ3v) is 6.62. The number of methoxy groups -OCH3 is 1. The Morgan fingerprint density at radius 3 is 2.76 bits per heavy atom. The first-order valence-corrected chi connectivity index (χ1v) is 13.0. The van der Waals surface area contributed by atoms with E-state index in [4.69, 9.17) is 20.6 Å². The van der Waals surface area contributed by atoms with Crippen LogP contribution in [0.1, 0.15) is 36.7 Å². The van der Waals surface area contributed by atoms with Crippen LogP contribution in [0, 0.1) is 19.3 Å². The molecule has 1 aromatic heterocycles. The summed E-state index contributed by atoms with van der Waals surface area (Å²) in [6.07, 6.45) is 6.07. The molecule has 11 nitrogen and oxygen atoms in total. The van der Waals surface area contributed by atoms with Crippen LogP contribution < -0.4 is 25.5 Å². The summed E-state index contributed by atoms with van der Waals surface area (Å²) in [6, 6.07) is 11.7. The monoisotopic (exact) mass is 559 g/mol. The molecule has 0 radical (unpaired) electrons. The van der Waals surface area contributed by atoms with Crippen LogP contribution in [0.5, 0.6) is 11.5 Å². The molecule has 2 amide bonds. The molecule has 0 spiro atoms. The number of hydrazone groups is 1. The quantitative estimate of drug-likeness (QED) is 0.0932. The van der Waals surface area contributed by atoms with Gasteiger partial charge in [0.1, 0.15) is 6.61 Å². The number of nitrogens with zero attached hydrogens (tertiary/aromatic N) is 2. The normalized spacial score (nSPS) is 15.7. The maximum Gasteiger partial charge on any atom is 0.337 e. The Morgan fingerprint density at radius 2 is 2.02 bits per heavy atom. The minimum Gasteiger partial charge on any atom is -0.490 e. The van der Waals surface area contributed by atoms with Gasteiger partial charge < -0.3 is 34.5 Å². The molecule has 11 heteroatoms. The molecular formula is C30H33N5O6. The number of hydrogen-bond acceptors (Lipinski definition) is 8. The number of ether oxygens (including phenoxy) is 3. The van der Waals surface area contributed by atoms with E-state index in [0.717, 1.165) is 22.2 Å². The zero-order valence-electron chi connectivity index (χ0n) is 23.4. The van der Waals surface area contributed by atoms with Crippen molar-refractivity contribution < 1.29 is 28.9 Å². The highest BCUT2D eigenvalue weighted by molar-refractivity contribution is 6.01. The van der Waals surface area contributed by atoms with Crippen LogP contribution in [0.3, 0.4) is 0 Å². The number of aliphatic hydroxyl groups excluding tert-OH is 1. The fourth-order valence-corrected chi connectivity index (χ4v) is 4.73.